The van der Waals surface area contributed by atoms with Gasteiger partial charge in [-0.15, -0.1) is 0 Å². The molecule has 20 heavy (non-hydrogen) atoms. The maximum Gasteiger partial charge on any atom is 0.0474 e. The van der Waals surface area contributed by atoms with Gasteiger partial charge in [0, 0.05) is 12.6 Å². The predicted molar refractivity (Wildman–Crippen MR) is 84.9 cm³/mol. The zero-order valence-electron chi connectivity index (χ0n) is 13.0. The van der Waals surface area contributed by atoms with Crippen LogP contribution in [0, 0.1) is 5.92 Å². The van der Waals surface area contributed by atoms with Gasteiger partial charge < -0.3 is 5.11 Å². The molecular weight excluding hydrogens is 246 g/mol. The molecule has 112 valence electrons. The van der Waals surface area contributed by atoms with E-state index in [0.29, 0.717) is 12.0 Å². The van der Waals surface area contributed by atoms with Crippen molar-refractivity contribution in [2.75, 3.05) is 19.7 Å². The van der Waals surface area contributed by atoms with Crippen molar-refractivity contribution in [3.8, 4) is 0 Å². The zero-order chi connectivity index (χ0) is 14.4. The van der Waals surface area contributed by atoms with Crippen molar-refractivity contribution in [3.63, 3.8) is 0 Å². The molecule has 1 fully saturated rings. The molecule has 0 radical (unpaired) electrons. The summed E-state index contributed by atoms with van der Waals surface area (Å²) in [6.07, 6.45) is 6.29. The molecule has 2 heteroatoms. The summed E-state index contributed by atoms with van der Waals surface area (Å²) in [5, 5.41) is 9.57. The van der Waals surface area contributed by atoms with Gasteiger partial charge >= 0.3 is 0 Å². The van der Waals surface area contributed by atoms with E-state index in [9.17, 15) is 5.11 Å². The van der Waals surface area contributed by atoms with Crippen molar-refractivity contribution in [2.45, 2.75) is 52.0 Å². The maximum atomic E-state index is 9.57. The van der Waals surface area contributed by atoms with Crippen molar-refractivity contribution in [1.82, 2.24) is 4.90 Å². The number of aryl methyl sites for hydroxylation is 1. The summed E-state index contributed by atoms with van der Waals surface area (Å²) in [5.41, 5.74) is 2.81. The lowest BCUT2D eigenvalue weighted by atomic mass is 9.92. The second-order valence-corrected chi connectivity index (χ2v) is 6.19. The third kappa shape index (κ3) is 3.83. The molecule has 1 heterocycles. The van der Waals surface area contributed by atoms with Crippen LogP contribution in [0.5, 0.6) is 0 Å². The van der Waals surface area contributed by atoms with Gasteiger partial charge in [0.25, 0.3) is 0 Å². The fourth-order valence-corrected chi connectivity index (χ4v) is 3.28. The van der Waals surface area contributed by atoms with Crippen LogP contribution < -0.4 is 0 Å². The number of unbranched alkanes of at least 4 members (excludes halogenated alkanes) is 1. The fourth-order valence-electron chi connectivity index (χ4n) is 3.28. The van der Waals surface area contributed by atoms with Crippen LogP contribution in [0.1, 0.15) is 56.7 Å². The van der Waals surface area contributed by atoms with E-state index in [-0.39, 0.29) is 6.61 Å². The number of aliphatic hydroxyl groups is 1. The zero-order valence-corrected chi connectivity index (χ0v) is 13.0. The summed E-state index contributed by atoms with van der Waals surface area (Å²) < 4.78 is 0. The molecule has 0 aromatic heterocycles. The van der Waals surface area contributed by atoms with Gasteiger partial charge in [-0.05, 0) is 55.8 Å². The minimum absolute atomic E-state index is 0.263. The van der Waals surface area contributed by atoms with Crippen LogP contribution in [0.15, 0.2) is 24.3 Å². The lowest BCUT2D eigenvalue weighted by Crippen LogP contribution is -2.31. The molecule has 0 saturated carbocycles. The Labute approximate surface area is 123 Å². The number of nitrogens with zero attached hydrogens (tertiary/aromatic N) is 1. The first kappa shape index (κ1) is 15.5. The second-order valence-electron chi connectivity index (χ2n) is 6.19. The Morgan fingerprint density at radius 1 is 1.15 bits per heavy atom. The number of hydrogen-bond acceptors (Lipinski definition) is 2. The molecule has 1 saturated heterocycles. The highest BCUT2D eigenvalue weighted by molar-refractivity contribution is 5.26. The molecule has 0 amide bonds. The van der Waals surface area contributed by atoms with Gasteiger partial charge in [-0.1, -0.05) is 44.5 Å². The van der Waals surface area contributed by atoms with Crippen LogP contribution in [-0.2, 0) is 6.42 Å². The monoisotopic (exact) mass is 275 g/mol. The number of aliphatic hydroxyl groups excluding tert-OH is 1. The Bertz CT molecular complexity index is 381. The largest absolute Gasteiger partial charge is 0.396 e. The molecule has 2 unspecified atom stereocenters. The van der Waals surface area contributed by atoms with Gasteiger partial charge in [0.05, 0.1) is 0 Å². The maximum absolute atomic E-state index is 9.57. The summed E-state index contributed by atoms with van der Waals surface area (Å²) in [6.45, 7) is 7.01. The topological polar surface area (TPSA) is 23.5 Å². The number of benzene rings is 1. The summed E-state index contributed by atoms with van der Waals surface area (Å²) in [5.74, 6) is 0.301. The van der Waals surface area contributed by atoms with Crippen LogP contribution in [-0.4, -0.2) is 29.7 Å². The highest BCUT2D eigenvalue weighted by Gasteiger charge is 2.27. The second kappa shape index (κ2) is 7.80. The normalized spacial score (nSPS) is 19.1. The highest BCUT2D eigenvalue weighted by Crippen LogP contribution is 2.31. The van der Waals surface area contributed by atoms with Gasteiger partial charge in [0.2, 0.25) is 0 Å². The number of rotatable bonds is 7. The molecule has 0 aliphatic carbocycles. The molecule has 1 aliphatic heterocycles. The van der Waals surface area contributed by atoms with Gasteiger partial charge in [-0.2, -0.15) is 0 Å². The van der Waals surface area contributed by atoms with E-state index in [1.54, 1.807) is 0 Å². The van der Waals surface area contributed by atoms with E-state index < -0.39 is 0 Å². The van der Waals surface area contributed by atoms with Gasteiger partial charge in [0.15, 0.2) is 0 Å². The minimum Gasteiger partial charge on any atom is -0.396 e. The average Bonchev–Trinajstić information content (AvgIpc) is 3.00. The van der Waals surface area contributed by atoms with E-state index >= 15 is 0 Å². The molecule has 2 atom stereocenters. The molecule has 1 aromatic rings. The summed E-state index contributed by atoms with van der Waals surface area (Å²) in [6, 6.07) is 9.49. The summed E-state index contributed by atoms with van der Waals surface area (Å²) >= 11 is 0. The molecule has 2 nitrogen and oxygen atoms in total. The van der Waals surface area contributed by atoms with Crippen molar-refractivity contribution in [2.24, 2.45) is 5.92 Å². The van der Waals surface area contributed by atoms with Crippen molar-refractivity contribution < 1.29 is 5.11 Å². The molecule has 1 N–H and O–H groups in total. The van der Waals surface area contributed by atoms with Crippen LogP contribution in [0.3, 0.4) is 0 Å². The Morgan fingerprint density at radius 2 is 1.80 bits per heavy atom. The first-order valence-electron chi connectivity index (χ1n) is 8.20. The van der Waals surface area contributed by atoms with Crippen molar-refractivity contribution >= 4 is 0 Å². The summed E-state index contributed by atoms with van der Waals surface area (Å²) in [7, 11) is 0. The SMILES string of the molecule is CCCCc1ccc(C(C(C)CO)N2CCCC2)cc1. The number of likely N-dealkylation sites (tertiary alicyclic amines) is 1. The molecule has 2 rings (SSSR count). The van der Waals surface area contributed by atoms with E-state index in [1.807, 2.05) is 0 Å². The average molecular weight is 275 g/mol. The fraction of sp³-hybridized carbons (Fsp3) is 0.667. The van der Waals surface area contributed by atoms with Crippen LogP contribution >= 0.6 is 0 Å². The standard InChI is InChI=1S/C18H29NO/c1-3-4-7-16-8-10-17(11-9-16)18(15(2)14-20)19-12-5-6-13-19/h8-11,15,18,20H,3-7,12-14H2,1-2H3. The highest BCUT2D eigenvalue weighted by atomic mass is 16.3. The van der Waals surface area contributed by atoms with E-state index in [2.05, 4.69) is 43.0 Å². The third-order valence-corrected chi connectivity index (χ3v) is 4.50. The Kier molecular flexibility index (Phi) is 6.06. The van der Waals surface area contributed by atoms with E-state index in [0.717, 1.165) is 0 Å². The Balaban J connectivity index is 2.11. The molecule has 1 aliphatic rings. The number of hydrogen-bond donors (Lipinski definition) is 1. The quantitative estimate of drug-likeness (QED) is 0.818. The molecular formula is C18H29NO. The summed E-state index contributed by atoms with van der Waals surface area (Å²) in [4.78, 5) is 2.54. The van der Waals surface area contributed by atoms with Gasteiger partial charge in [0.1, 0.15) is 0 Å². The lowest BCUT2D eigenvalue weighted by Gasteiger charge is -2.32. The van der Waals surface area contributed by atoms with E-state index in [4.69, 9.17) is 0 Å². The van der Waals surface area contributed by atoms with Crippen molar-refractivity contribution in [1.29, 1.82) is 0 Å². The van der Waals surface area contributed by atoms with Crippen molar-refractivity contribution in [3.05, 3.63) is 35.4 Å². The third-order valence-electron chi connectivity index (χ3n) is 4.50. The van der Waals surface area contributed by atoms with E-state index in [1.165, 1.54) is 56.3 Å². The first-order valence-corrected chi connectivity index (χ1v) is 8.20. The smallest absolute Gasteiger partial charge is 0.0474 e. The predicted octanol–water partition coefficient (Wildman–Crippen LogP) is 3.79. The Hall–Kier alpha value is -0.860. The lowest BCUT2D eigenvalue weighted by molar-refractivity contribution is 0.126. The van der Waals surface area contributed by atoms with Crippen LogP contribution in [0.4, 0.5) is 0 Å². The van der Waals surface area contributed by atoms with Crippen LogP contribution in [0.2, 0.25) is 0 Å². The van der Waals surface area contributed by atoms with Crippen LogP contribution in [0.25, 0.3) is 0 Å². The molecule has 0 bridgehead atoms. The Morgan fingerprint density at radius 3 is 2.35 bits per heavy atom. The molecule has 1 aromatic carbocycles. The first-order chi connectivity index (χ1) is 9.76. The minimum atomic E-state index is 0.263. The van der Waals surface area contributed by atoms with Gasteiger partial charge in [-0.3, -0.25) is 4.90 Å². The molecule has 0 spiro atoms. The van der Waals surface area contributed by atoms with Gasteiger partial charge in [-0.25, -0.2) is 0 Å².